The normalized spacial score (nSPS) is 23.2. The van der Waals surface area contributed by atoms with Gasteiger partial charge in [-0.15, -0.1) is 0 Å². The summed E-state index contributed by atoms with van der Waals surface area (Å²) in [5.74, 6) is 0. The van der Waals surface area contributed by atoms with Gasteiger partial charge in [-0.1, -0.05) is 22.6 Å². The maximum absolute atomic E-state index is 13.2. The molecule has 2 N–H and O–H groups in total. The van der Waals surface area contributed by atoms with E-state index in [1.54, 1.807) is 6.19 Å². The Balaban J connectivity index is 1.80. The third kappa shape index (κ3) is 4.68. The molecule has 0 saturated carbocycles. The van der Waals surface area contributed by atoms with E-state index in [9.17, 15) is 9.00 Å². The van der Waals surface area contributed by atoms with Crippen LogP contribution in [-0.4, -0.2) is 33.3 Å². The van der Waals surface area contributed by atoms with Gasteiger partial charge in [0.15, 0.2) is 9.92 Å². The van der Waals surface area contributed by atoms with Crippen LogP contribution in [0.15, 0.2) is 28.0 Å². The highest BCUT2D eigenvalue weighted by Crippen LogP contribution is 2.33. The van der Waals surface area contributed by atoms with Crippen LogP contribution >= 0.6 is 0 Å². The second-order valence-corrected chi connectivity index (χ2v) is 10.4. The van der Waals surface area contributed by atoms with Crippen molar-refractivity contribution in [3.05, 3.63) is 40.3 Å². The van der Waals surface area contributed by atoms with Crippen LogP contribution in [0.5, 0.6) is 0 Å². The van der Waals surface area contributed by atoms with Crippen LogP contribution in [0.25, 0.3) is 0 Å². The number of anilines is 1. The fourth-order valence-electron chi connectivity index (χ4n) is 4.65. The van der Waals surface area contributed by atoms with Gasteiger partial charge in [-0.25, -0.2) is 13.7 Å². The number of amides is 2. The van der Waals surface area contributed by atoms with E-state index in [4.69, 9.17) is 5.26 Å². The average Bonchev–Trinajstić information content (AvgIpc) is 3.30. The minimum absolute atomic E-state index is 0.281. The minimum atomic E-state index is -3.37. The Morgan fingerprint density at radius 3 is 2.83 bits per heavy atom. The predicted molar refractivity (Wildman–Crippen MR) is 120 cm³/mol. The number of aryl methyl sites for hydroxylation is 2. The molecule has 0 bridgehead atoms. The lowest BCUT2D eigenvalue weighted by Gasteiger charge is -2.35. The van der Waals surface area contributed by atoms with Crippen molar-refractivity contribution >= 4 is 21.6 Å². The number of nitriles is 1. The number of nitrogens with one attached hydrogen (secondary N) is 2. The summed E-state index contributed by atoms with van der Waals surface area (Å²) >= 11 is 0. The first-order valence-electron chi connectivity index (χ1n) is 10.5. The summed E-state index contributed by atoms with van der Waals surface area (Å²) in [5, 5.41) is 13.3. The zero-order valence-electron chi connectivity index (χ0n) is 18.2. The maximum atomic E-state index is 13.2. The van der Waals surface area contributed by atoms with Crippen molar-refractivity contribution in [3.63, 3.8) is 0 Å². The Hall–Kier alpha value is -2.37. The Bertz CT molecular complexity index is 1020. The number of hydrogen-bond acceptors (Lipinski definition) is 5. The zero-order valence-corrected chi connectivity index (χ0v) is 19.0. The molecule has 1 heterocycles. The van der Waals surface area contributed by atoms with E-state index >= 15 is 0 Å². The van der Waals surface area contributed by atoms with Crippen LogP contribution in [0.4, 0.5) is 10.5 Å². The van der Waals surface area contributed by atoms with Crippen molar-refractivity contribution in [2.24, 2.45) is 4.36 Å². The summed E-state index contributed by atoms with van der Waals surface area (Å²) in [7, 11) is -3.37. The van der Waals surface area contributed by atoms with Gasteiger partial charge in [0.25, 0.3) is 0 Å². The van der Waals surface area contributed by atoms with Gasteiger partial charge in [0.05, 0.1) is 0 Å². The van der Waals surface area contributed by atoms with E-state index in [-0.39, 0.29) is 5.54 Å². The maximum Gasteiger partial charge on any atom is 0.331 e. The van der Waals surface area contributed by atoms with E-state index in [1.165, 1.54) is 11.0 Å². The highest BCUT2D eigenvalue weighted by molar-refractivity contribution is 7.95. The molecule has 8 heteroatoms. The van der Waals surface area contributed by atoms with Crippen LogP contribution in [0.3, 0.4) is 0 Å². The van der Waals surface area contributed by atoms with E-state index in [0.717, 1.165) is 55.5 Å². The van der Waals surface area contributed by atoms with Crippen molar-refractivity contribution in [2.75, 3.05) is 11.9 Å². The van der Waals surface area contributed by atoms with E-state index < -0.39 is 15.9 Å². The minimum Gasteiger partial charge on any atom is -0.307 e. The smallest absolute Gasteiger partial charge is 0.307 e. The molecule has 0 aromatic heterocycles. The molecule has 1 saturated heterocycles. The highest BCUT2D eigenvalue weighted by Gasteiger charge is 2.36. The number of rotatable bonds is 5. The van der Waals surface area contributed by atoms with Gasteiger partial charge in [-0.3, -0.25) is 4.90 Å². The zero-order chi connectivity index (χ0) is 21.9. The van der Waals surface area contributed by atoms with Crippen LogP contribution < -0.4 is 10.0 Å². The Labute approximate surface area is 179 Å². The second kappa shape index (κ2) is 8.78. The van der Waals surface area contributed by atoms with E-state index in [2.05, 4.69) is 46.1 Å². The molecule has 1 aliphatic carbocycles. The van der Waals surface area contributed by atoms with Gasteiger partial charge in [0.1, 0.15) is 0 Å². The molecule has 7 nitrogen and oxygen atoms in total. The first kappa shape index (κ1) is 22.3. The molecule has 2 atom stereocenters. The molecule has 3 rings (SSSR count). The molecule has 0 radical (unpaired) electrons. The summed E-state index contributed by atoms with van der Waals surface area (Å²) in [6.07, 6.45) is 8.36. The van der Waals surface area contributed by atoms with Gasteiger partial charge in [-0.2, -0.15) is 5.26 Å². The Kier molecular flexibility index (Phi) is 6.53. The first-order chi connectivity index (χ1) is 14.2. The summed E-state index contributed by atoms with van der Waals surface area (Å²) < 4.78 is 19.2. The summed E-state index contributed by atoms with van der Waals surface area (Å²) in [6.45, 7) is 9.23. The third-order valence-corrected chi connectivity index (χ3v) is 7.45. The van der Waals surface area contributed by atoms with Gasteiger partial charge < -0.3 is 5.32 Å². The number of hydrogen-bond donors (Lipinski definition) is 2. The third-order valence-electron chi connectivity index (χ3n) is 6.12. The van der Waals surface area contributed by atoms with Crippen LogP contribution in [0.1, 0.15) is 56.7 Å². The van der Waals surface area contributed by atoms with Crippen LogP contribution in [-0.2, 0) is 22.8 Å². The molecule has 1 aromatic carbocycles. The van der Waals surface area contributed by atoms with Crippen molar-refractivity contribution in [2.45, 2.75) is 71.4 Å². The lowest BCUT2D eigenvalue weighted by atomic mass is 9.98. The first-order valence-corrected chi connectivity index (χ1v) is 12.1. The Morgan fingerprint density at radius 2 is 2.13 bits per heavy atom. The number of nitrogens with zero attached hydrogens (tertiary/aromatic N) is 3. The molecule has 162 valence electrons. The molecule has 0 spiro atoms. The van der Waals surface area contributed by atoms with E-state index in [0.29, 0.717) is 6.04 Å². The van der Waals surface area contributed by atoms with E-state index in [1.807, 2.05) is 19.1 Å². The molecular weight excluding hydrogens is 398 g/mol. The predicted octanol–water partition coefficient (Wildman–Crippen LogP) is 4.25. The topological polar surface area (TPSA) is 97.6 Å². The molecule has 2 amide bonds. The standard InChI is InChI=1S/C22H31N5O2S/c1-16(2)27-13-6-11-22(27,4)12-14-30(29,24-15-23)26-21(28)25-20-17(3)9-10-18-7-5-8-19(18)20/h9-10,12,14,16H,5-8,11,13H2,1-4H3,(H2,24,25,26,28,29)/b14-12+/t22-,30?/m0/s1. The SMILES string of the molecule is Cc1ccc2c(c1NC(=O)NS(=O)(/C=C/[C@]1(C)CCCN1C(C)C)=NC#N)CCC2. The second-order valence-electron chi connectivity index (χ2n) is 8.62. The van der Waals surface area contributed by atoms with Gasteiger partial charge in [-0.05, 0) is 83.0 Å². The summed E-state index contributed by atoms with van der Waals surface area (Å²) in [4.78, 5) is 15.0. The molecule has 30 heavy (non-hydrogen) atoms. The van der Waals surface area contributed by atoms with Crippen molar-refractivity contribution in [1.82, 2.24) is 9.62 Å². The monoisotopic (exact) mass is 429 g/mol. The molecule has 1 unspecified atom stereocenters. The van der Waals surface area contributed by atoms with Gasteiger partial charge in [0.2, 0.25) is 6.19 Å². The van der Waals surface area contributed by atoms with Gasteiger partial charge >= 0.3 is 6.03 Å². The quantitative estimate of drug-likeness (QED) is 0.684. The number of carbonyl (C=O) groups is 1. The number of carbonyl (C=O) groups excluding carboxylic acids is 1. The number of likely N-dealkylation sites (tertiary alicyclic amines) is 1. The number of benzene rings is 1. The highest BCUT2D eigenvalue weighted by atomic mass is 32.2. The largest absolute Gasteiger partial charge is 0.331 e. The van der Waals surface area contributed by atoms with Crippen molar-refractivity contribution in [3.8, 4) is 6.19 Å². The molecule has 1 aliphatic heterocycles. The van der Waals surface area contributed by atoms with Crippen molar-refractivity contribution < 1.29 is 9.00 Å². The summed E-state index contributed by atoms with van der Waals surface area (Å²) in [6, 6.07) is 3.80. The van der Waals surface area contributed by atoms with Gasteiger partial charge in [0, 0.05) is 22.7 Å². The average molecular weight is 430 g/mol. The lowest BCUT2D eigenvalue weighted by Crippen LogP contribution is -2.44. The number of urea groups is 1. The fraction of sp³-hybridized carbons (Fsp3) is 0.545. The lowest BCUT2D eigenvalue weighted by molar-refractivity contribution is 0.159. The van der Waals surface area contributed by atoms with Crippen molar-refractivity contribution in [1.29, 1.82) is 5.26 Å². The number of fused-ring (bicyclic) bond motifs is 1. The molecule has 2 aliphatic rings. The Morgan fingerprint density at radius 1 is 1.37 bits per heavy atom. The summed E-state index contributed by atoms with van der Waals surface area (Å²) in [5.41, 5.74) is 3.81. The van der Waals surface area contributed by atoms with Crippen LogP contribution in [0.2, 0.25) is 0 Å². The molecule has 1 fully saturated rings. The van der Waals surface area contributed by atoms with Crippen LogP contribution in [0, 0.1) is 18.4 Å². The fourth-order valence-corrected chi connectivity index (χ4v) is 5.74. The molecule has 1 aromatic rings. The molecular formula is C22H31N5O2S.